The van der Waals surface area contributed by atoms with Crippen molar-refractivity contribution in [3.63, 3.8) is 0 Å². The minimum atomic E-state index is -0.978. The van der Waals surface area contributed by atoms with Crippen LogP contribution in [0.1, 0.15) is 32.1 Å². The Morgan fingerprint density at radius 1 is 1.40 bits per heavy atom. The molecule has 110 valence electrons. The Morgan fingerprint density at radius 2 is 2.05 bits per heavy atom. The summed E-state index contributed by atoms with van der Waals surface area (Å²) in [5, 5.41) is 23.2. The molecule has 3 rings (SSSR count). The smallest absolute Gasteiger partial charge is 0.274 e. The molecule has 2 aliphatic heterocycles. The average Bonchev–Trinajstić information content (AvgIpc) is 3.22. The maximum absolute atomic E-state index is 11.9. The predicted octanol–water partition coefficient (Wildman–Crippen LogP) is -0.448. The van der Waals surface area contributed by atoms with Gasteiger partial charge in [-0.15, -0.1) is 5.10 Å². The molecule has 7 heteroatoms. The van der Waals surface area contributed by atoms with E-state index in [-0.39, 0.29) is 18.2 Å². The quantitative estimate of drug-likeness (QED) is 0.650. The Balaban J connectivity index is 1.53. The average molecular weight is 281 g/mol. The highest BCUT2D eigenvalue weighted by Gasteiger charge is 2.42. The molecule has 1 saturated heterocycles. The number of amides is 1. The summed E-state index contributed by atoms with van der Waals surface area (Å²) < 4.78 is 0. The van der Waals surface area contributed by atoms with Crippen molar-refractivity contribution in [1.82, 2.24) is 10.3 Å². The van der Waals surface area contributed by atoms with Crippen LogP contribution in [-0.2, 0) is 9.59 Å². The van der Waals surface area contributed by atoms with E-state index in [0.717, 1.165) is 12.8 Å². The number of piperidine rings is 1. The number of hydrogen-bond donors (Lipinski definition) is 3. The highest BCUT2D eigenvalue weighted by molar-refractivity contribution is 6.38. The van der Waals surface area contributed by atoms with Gasteiger partial charge in [-0.2, -0.15) is 0 Å². The number of aliphatic hydroxyl groups is 2. The van der Waals surface area contributed by atoms with Gasteiger partial charge in [-0.1, -0.05) is 0 Å². The van der Waals surface area contributed by atoms with Crippen molar-refractivity contribution in [3.8, 4) is 0 Å². The summed E-state index contributed by atoms with van der Waals surface area (Å²) in [6, 6.07) is -0.661. The number of nitrogens with zero attached hydrogens (tertiary/aromatic N) is 2. The van der Waals surface area contributed by atoms with Crippen LogP contribution in [0.5, 0.6) is 0 Å². The summed E-state index contributed by atoms with van der Waals surface area (Å²) in [5.41, 5.74) is 1.56. The first-order valence-electron chi connectivity index (χ1n) is 7.06. The largest absolute Gasteiger partial charge is 0.490 e. The van der Waals surface area contributed by atoms with Crippen LogP contribution in [-0.4, -0.2) is 57.4 Å². The van der Waals surface area contributed by atoms with Crippen LogP contribution >= 0.6 is 0 Å². The van der Waals surface area contributed by atoms with Crippen molar-refractivity contribution in [3.05, 3.63) is 0 Å². The third kappa shape index (κ3) is 2.49. The number of carbonyl (C=O) groups is 2. The second-order valence-electron chi connectivity index (χ2n) is 6.01. The molecule has 1 unspecified atom stereocenters. The fourth-order valence-corrected chi connectivity index (χ4v) is 2.86. The molecule has 2 heterocycles. The Hall–Kier alpha value is -1.63. The normalized spacial score (nSPS) is 29.1. The van der Waals surface area contributed by atoms with Crippen molar-refractivity contribution in [1.29, 1.82) is 0 Å². The predicted molar refractivity (Wildman–Crippen MR) is 70.1 cm³/mol. The van der Waals surface area contributed by atoms with E-state index in [1.165, 1.54) is 0 Å². The summed E-state index contributed by atoms with van der Waals surface area (Å²) in [4.78, 5) is 25.3. The number of hydrazone groups is 1. The molecule has 1 aliphatic carbocycles. The van der Waals surface area contributed by atoms with Gasteiger partial charge in [0.2, 0.25) is 11.7 Å². The third-order valence-electron chi connectivity index (χ3n) is 4.38. The molecule has 3 aliphatic rings. The number of likely N-dealkylation sites (tertiary alicyclic amines) is 1. The van der Waals surface area contributed by atoms with Gasteiger partial charge in [-0.25, -0.2) is 0 Å². The Bertz CT molecular complexity index is 464. The molecule has 0 aromatic rings. The lowest BCUT2D eigenvalue weighted by atomic mass is 9.84. The lowest BCUT2D eigenvalue weighted by molar-refractivity contribution is -0.137. The Morgan fingerprint density at radius 3 is 2.55 bits per heavy atom. The number of hydrogen-bond acceptors (Lipinski definition) is 5. The summed E-state index contributed by atoms with van der Waals surface area (Å²) in [6.45, 7) is 1.05. The Labute approximate surface area is 116 Å². The molecule has 20 heavy (non-hydrogen) atoms. The van der Waals surface area contributed by atoms with Gasteiger partial charge in [0, 0.05) is 25.4 Å². The molecule has 3 N–H and O–H groups in total. The van der Waals surface area contributed by atoms with Gasteiger partial charge in [0.05, 0.1) is 5.60 Å². The maximum Gasteiger partial charge on any atom is 0.274 e. The SMILES string of the molecule is O=C1C(O)=NNC1CC1(O)CCN(C(=O)C2CC2)CC1. The van der Waals surface area contributed by atoms with Crippen molar-refractivity contribution in [2.45, 2.75) is 43.7 Å². The number of Topliss-reactive ketones (excluding diaryl/α,β-unsaturated/α-hetero) is 1. The highest BCUT2D eigenvalue weighted by Crippen LogP contribution is 2.34. The molecule has 0 radical (unpaired) electrons. The number of rotatable bonds is 3. The van der Waals surface area contributed by atoms with Crippen molar-refractivity contribution in [2.24, 2.45) is 11.0 Å². The van der Waals surface area contributed by atoms with Crippen LogP contribution < -0.4 is 5.43 Å². The van der Waals surface area contributed by atoms with Crippen molar-refractivity contribution in [2.75, 3.05) is 13.1 Å². The van der Waals surface area contributed by atoms with Gasteiger partial charge in [-0.05, 0) is 25.7 Å². The topological polar surface area (TPSA) is 102 Å². The molecular formula is C13H19N3O4. The van der Waals surface area contributed by atoms with Crippen LogP contribution in [0.4, 0.5) is 0 Å². The minimum absolute atomic E-state index is 0.197. The van der Waals surface area contributed by atoms with Crippen LogP contribution in [0.2, 0.25) is 0 Å². The van der Waals surface area contributed by atoms with Gasteiger partial charge in [0.25, 0.3) is 5.90 Å². The zero-order valence-corrected chi connectivity index (χ0v) is 11.2. The van der Waals surface area contributed by atoms with Crippen LogP contribution in [0.15, 0.2) is 5.10 Å². The summed E-state index contributed by atoms with van der Waals surface area (Å²) >= 11 is 0. The molecule has 1 saturated carbocycles. The van der Waals surface area contributed by atoms with E-state index < -0.39 is 23.3 Å². The van der Waals surface area contributed by atoms with Crippen molar-refractivity contribution < 1.29 is 19.8 Å². The lowest BCUT2D eigenvalue weighted by Gasteiger charge is -2.39. The summed E-state index contributed by atoms with van der Waals surface area (Å²) in [7, 11) is 0. The van der Waals surface area contributed by atoms with E-state index >= 15 is 0 Å². The molecule has 7 nitrogen and oxygen atoms in total. The molecule has 0 bridgehead atoms. The molecule has 1 amide bonds. The zero-order chi connectivity index (χ0) is 14.3. The molecule has 2 fully saturated rings. The second-order valence-corrected chi connectivity index (χ2v) is 6.01. The monoisotopic (exact) mass is 281 g/mol. The van der Waals surface area contributed by atoms with E-state index in [2.05, 4.69) is 10.5 Å². The van der Waals surface area contributed by atoms with E-state index in [4.69, 9.17) is 5.11 Å². The van der Waals surface area contributed by atoms with E-state index in [0.29, 0.717) is 25.9 Å². The number of ketones is 1. The number of carbonyl (C=O) groups excluding carboxylic acids is 2. The lowest BCUT2D eigenvalue weighted by Crippen LogP contribution is -2.50. The van der Waals surface area contributed by atoms with E-state index in [9.17, 15) is 14.7 Å². The fraction of sp³-hybridized carbons (Fsp3) is 0.769. The van der Waals surface area contributed by atoms with Gasteiger partial charge in [-0.3, -0.25) is 15.0 Å². The van der Waals surface area contributed by atoms with Gasteiger partial charge in [0.1, 0.15) is 6.04 Å². The third-order valence-corrected chi connectivity index (χ3v) is 4.38. The molecule has 0 aromatic carbocycles. The standard InChI is InChI=1S/C13H19N3O4/c17-10-9(14-15-11(10)18)7-13(20)3-5-16(6-4-13)12(19)8-1-2-8/h8-9,14,20H,1-7H2,(H,15,18). The first-order valence-corrected chi connectivity index (χ1v) is 7.06. The highest BCUT2D eigenvalue weighted by atomic mass is 16.3. The number of nitrogens with one attached hydrogen (secondary N) is 1. The fourth-order valence-electron chi connectivity index (χ4n) is 2.86. The molecule has 0 spiro atoms. The van der Waals surface area contributed by atoms with Crippen LogP contribution in [0, 0.1) is 5.92 Å². The first kappa shape index (κ1) is 13.4. The van der Waals surface area contributed by atoms with Crippen LogP contribution in [0.25, 0.3) is 0 Å². The minimum Gasteiger partial charge on any atom is -0.490 e. The molecule has 0 aromatic heterocycles. The second kappa shape index (κ2) is 4.73. The van der Waals surface area contributed by atoms with Gasteiger partial charge < -0.3 is 15.1 Å². The maximum atomic E-state index is 11.9. The van der Waals surface area contributed by atoms with Crippen LogP contribution in [0.3, 0.4) is 0 Å². The van der Waals surface area contributed by atoms with E-state index in [1.807, 2.05) is 4.90 Å². The number of aliphatic hydroxyl groups excluding tert-OH is 1. The van der Waals surface area contributed by atoms with Gasteiger partial charge >= 0.3 is 0 Å². The Kier molecular flexibility index (Phi) is 3.16. The van der Waals surface area contributed by atoms with Crippen molar-refractivity contribution >= 4 is 17.6 Å². The zero-order valence-electron chi connectivity index (χ0n) is 11.2. The first-order chi connectivity index (χ1) is 9.48. The summed E-state index contributed by atoms with van der Waals surface area (Å²) in [5.74, 6) is -0.609. The molecule has 1 atom stereocenters. The molecular weight excluding hydrogens is 262 g/mol. The van der Waals surface area contributed by atoms with Gasteiger partial charge in [0.15, 0.2) is 0 Å². The van der Waals surface area contributed by atoms with E-state index in [1.54, 1.807) is 0 Å². The summed E-state index contributed by atoms with van der Waals surface area (Å²) in [6.07, 6.45) is 3.09.